The van der Waals surface area contributed by atoms with Gasteiger partial charge in [0.1, 0.15) is 5.82 Å². The standard InChI is InChI=1S/C11H8ClFN2O2.C3H8/c1-6-9(3-2-8(12)10(6)13)15-5-7(4-14-15)11(16)17;1-3-2/h2-5H,1H3,(H,16,17);3H2,1-2H3. The van der Waals surface area contributed by atoms with Crippen LogP contribution in [0.15, 0.2) is 24.5 Å². The number of halogens is 2. The number of nitrogens with zero attached hydrogens (tertiary/aromatic N) is 2. The Bertz CT molecular complexity index is 611. The Hall–Kier alpha value is -1.88. The maximum absolute atomic E-state index is 13.6. The lowest BCUT2D eigenvalue weighted by Crippen LogP contribution is -2.00. The van der Waals surface area contributed by atoms with Gasteiger partial charge >= 0.3 is 5.97 Å². The van der Waals surface area contributed by atoms with Crippen molar-refractivity contribution in [3.8, 4) is 5.69 Å². The third kappa shape index (κ3) is 3.57. The first-order chi connectivity index (χ1) is 9.42. The van der Waals surface area contributed by atoms with Crippen molar-refractivity contribution in [3.63, 3.8) is 0 Å². The average molecular weight is 299 g/mol. The van der Waals surface area contributed by atoms with E-state index in [4.69, 9.17) is 16.7 Å². The molecule has 2 aromatic rings. The number of carboxylic acids is 1. The lowest BCUT2D eigenvalue weighted by atomic mass is 10.2. The Morgan fingerprint density at radius 3 is 2.55 bits per heavy atom. The molecular formula is C14H16ClFN2O2. The molecule has 20 heavy (non-hydrogen) atoms. The molecule has 0 saturated carbocycles. The fourth-order valence-electron chi connectivity index (χ4n) is 1.46. The molecule has 0 atom stereocenters. The van der Waals surface area contributed by atoms with Crippen LogP contribution in [0.25, 0.3) is 5.69 Å². The Kier molecular flexibility index (Phi) is 5.70. The maximum atomic E-state index is 13.6. The highest BCUT2D eigenvalue weighted by molar-refractivity contribution is 6.30. The number of benzene rings is 1. The second-order valence-corrected chi connectivity index (χ2v) is 4.60. The van der Waals surface area contributed by atoms with Gasteiger partial charge in [0.15, 0.2) is 0 Å². The average Bonchev–Trinajstić information content (AvgIpc) is 2.87. The van der Waals surface area contributed by atoms with Crippen LogP contribution in [-0.2, 0) is 0 Å². The summed E-state index contributed by atoms with van der Waals surface area (Å²) in [5, 5.41) is 12.7. The van der Waals surface area contributed by atoms with Crippen molar-refractivity contribution in [2.75, 3.05) is 0 Å². The zero-order valence-electron chi connectivity index (χ0n) is 11.5. The van der Waals surface area contributed by atoms with Gasteiger partial charge in [-0.15, -0.1) is 0 Å². The zero-order valence-corrected chi connectivity index (χ0v) is 12.3. The highest BCUT2D eigenvalue weighted by Crippen LogP contribution is 2.23. The predicted molar refractivity (Wildman–Crippen MR) is 76.2 cm³/mol. The molecule has 2 rings (SSSR count). The van der Waals surface area contributed by atoms with Gasteiger partial charge in [-0.3, -0.25) is 0 Å². The zero-order chi connectivity index (χ0) is 15.3. The van der Waals surface area contributed by atoms with E-state index in [9.17, 15) is 9.18 Å². The molecule has 0 spiro atoms. The minimum atomic E-state index is -1.08. The van der Waals surface area contributed by atoms with E-state index in [1.165, 1.54) is 29.6 Å². The summed E-state index contributed by atoms with van der Waals surface area (Å²) in [4.78, 5) is 10.7. The van der Waals surface area contributed by atoms with E-state index in [1.54, 1.807) is 13.0 Å². The number of carboxylic acid groups (broad SMARTS) is 1. The number of carbonyl (C=O) groups is 1. The second-order valence-electron chi connectivity index (χ2n) is 4.19. The largest absolute Gasteiger partial charge is 0.478 e. The normalized spacial score (nSPS) is 9.85. The van der Waals surface area contributed by atoms with E-state index in [0.29, 0.717) is 11.3 Å². The van der Waals surface area contributed by atoms with Crippen molar-refractivity contribution in [3.05, 3.63) is 46.5 Å². The van der Waals surface area contributed by atoms with Crippen molar-refractivity contribution >= 4 is 17.6 Å². The summed E-state index contributed by atoms with van der Waals surface area (Å²) in [7, 11) is 0. The summed E-state index contributed by atoms with van der Waals surface area (Å²) in [5.41, 5.74) is 0.816. The van der Waals surface area contributed by atoms with Gasteiger partial charge in [-0.2, -0.15) is 5.10 Å². The van der Waals surface area contributed by atoms with Gasteiger partial charge in [-0.05, 0) is 19.1 Å². The van der Waals surface area contributed by atoms with Crippen LogP contribution in [0.5, 0.6) is 0 Å². The first-order valence-corrected chi connectivity index (χ1v) is 6.53. The quantitative estimate of drug-likeness (QED) is 0.908. The first-order valence-electron chi connectivity index (χ1n) is 6.15. The molecule has 1 N–H and O–H groups in total. The number of aromatic nitrogens is 2. The van der Waals surface area contributed by atoms with Crippen LogP contribution < -0.4 is 0 Å². The number of aromatic carboxylic acids is 1. The van der Waals surface area contributed by atoms with E-state index < -0.39 is 11.8 Å². The van der Waals surface area contributed by atoms with Crippen molar-refractivity contribution in [1.82, 2.24) is 9.78 Å². The fraction of sp³-hybridized carbons (Fsp3) is 0.286. The Morgan fingerprint density at radius 2 is 2.05 bits per heavy atom. The molecule has 0 fully saturated rings. The van der Waals surface area contributed by atoms with Crippen molar-refractivity contribution in [1.29, 1.82) is 0 Å². The molecule has 108 valence electrons. The number of hydrogen-bond donors (Lipinski definition) is 1. The number of hydrogen-bond acceptors (Lipinski definition) is 2. The molecule has 0 aliphatic carbocycles. The summed E-state index contributed by atoms with van der Waals surface area (Å²) in [5.74, 6) is -1.61. The van der Waals surface area contributed by atoms with Gasteiger partial charge < -0.3 is 5.11 Å². The predicted octanol–water partition coefficient (Wildman–Crippen LogP) is 4.09. The Labute approximate surface area is 121 Å². The van der Waals surface area contributed by atoms with E-state index in [2.05, 4.69) is 18.9 Å². The lowest BCUT2D eigenvalue weighted by Gasteiger charge is -2.07. The maximum Gasteiger partial charge on any atom is 0.338 e. The fourth-order valence-corrected chi connectivity index (χ4v) is 1.66. The topological polar surface area (TPSA) is 55.1 Å². The molecule has 6 heteroatoms. The van der Waals surface area contributed by atoms with Gasteiger partial charge in [-0.1, -0.05) is 31.9 Å². The molecule has 0 aliphatic heterocycles. The van der Waals surface area contributed by atoms with Crippen LogP contribution in [0.3, 0.4) is 0 Å². The molecular weight excluding hydrogens is 283 g/mol. The second kappa shape index (κ2) is 7.05. The summed E-state index contributed by atoms with van der Waals surface area (Å²) in [6.07, 6.45) is 3.77. The molecule has 1 aromatic carbocycles. The molecule has 1 heterocycles. The Balaban J connectivity index is 0.000000612. The van der Waals surface area contributed by atoms with Crippen LogP contribution in [0.2, 0.25) is 5.02 Å². The summed E-state index contributed by atoms with van der Waals surface area (Å²) in [6.45, 7) is 5.80. The SMILES string of the molecule is CCC.Cc1c(-n2cc(C(=O)O)cn2)ccc(Cl)c1F. The molecule has 1 aromatic heterocycles. The van der Waals surface area contributed by atoms with Crippen LogP contribution in [0, 0.1) is 12.7 Å². The summed E-state index contributed by atoms with van der Waals surface area (Å²) < 4.78 is 14.9. The van der Waals surface area contributed by atoms with Gasteiger partial charge in [-0.25, -0.2) is 13.9 Å². The lowest BCUT2D eigenvalue weighted by molar-refractivity contribution is 0.0697. The minimum absolute atomic E-state index is 0.0249. The summed E-state index contributed by atoms with van der Waals surface area (Å²) in [6, 6.07) is 2.99. The first kappa shape index (κ1) is 16.2. The van der Waals surface area contributed by atoms with Crippen molar-refractivity contribution < 1.29 is 14.3 Å². The Morgan fingerprint density at radius 1 is 1.45 bits per heavy atom. The van der Waals surface area contributed by atoms with Crippen LogP contribution in [0.1, 0.15) is 36.2 Å². The van der Waals surface area contributed by atoms with E-state index in [-0.39, 0.29) is 10.6 Å². The van der Waals surface area contributed by atoms with E-state index in [0.717, 1.165) is 0 Å². The molecule has 0 amide bonds. The van der Waals surface area contributed by atoms with Crippen LogP contribution in [0.4, 0.5) is 4.39 Å². The molecule has 0 radical (unpaired) electrons. The molecule has 0 unspecified atom stereocenters. The highest BCUT2D eigenvalue weighted by Gasteiger charge is 2.12. The highest BCUT2D eigenvalue weighted by atomic mass is 35.5. The molecule has 4 nitrogen and oxygen atoms in total. The smallest absolute Gasteiger partial charge is 0.338 e. The third-order valence-electron chi connectivity index (χ3n) is 2.39. The minimum Gasteiger partial charge on any atom is -0.478 e. The van der Waals surface area contributed by atoms with Crippen LogP contribution >= 0.6 is 11.6 Å². The van der Waals surface area contributed by atoms with Gasteiger partial charge in [0.2, 0.25) is 0 Å². The van der Waals surface area contributed by atoms with Gasteiger partial charge in [0.05, 0.1) is 22.5 Å². The van der Waals surface area contributed by atoms with Gasteiger partial charge in [0.25, 0.3) is 0 Å². The third-order valence-corrected chi connectivity index (χ3v) is 2.68. The van der Waals surface area contributed by atoms with Crippen LogP contribution in [-0.4, -0.2) is 20.9 Å². The monoisotopic (exact) mass is 298 g/mol. The van der Waals surface area contributed by atoms with Crippen molar-refractivity contribution in [2.24, 2.45) is 0 Å². The van der Waals surface area contributed by atoms with Gasteiger partial charge in [0, 0.05) is 11.8 Å². The molecule has 0 bridgehead atoms. The molecule has 0 aliphatic rings. The van der Waals surface area contributed by atoms with Crippen molar-refractivity contribution in [2.45, 2.75) is 27.2 Å². The van der Waals surface area contributed by atoms with E-state index >= 15 is 0 Å². The summed E-state index contributed by atoms with van der Waals surface area (Å²) >= 11 is 5.63. The van der Waals surface area contributed by atoms with E-state index in [1.807, 2.05) is 0 Å². The molecule has 0 saturated heterocycles. The number of rotatable bonds is 2.